The number of nitrogens with zero attached hydrogens (tertiary/aromatic N) is 3. The van der Waals surface area contributed by atoms with Crippen molar-refractivity contribution in [2.24, 2.45) is 10.9 Å². The number of carbonyl (C=O) groups is 2. The monoisotopic (exact) mass is 318 g/mol. The van der Waals surface area contributed by atoms with Gasteiger partial charge >= 0.3 is 6.03 Å². The van der Waals surface area contributed by atoms with Gasteiger partial charge in [0.25, 0.3) is 5.91 Å². The van der Waals surface area contributed by atoms with Gasteiger partial charge in [0.1, 0.15) is 5.84 Å². The molecular formula is C16H22N4O3. The zero-order chi connectivity index (χ0) is 17.0. The van der Waals surface area contributed by atoms with Crippen LogP contribution in [0.15, 0.2) is 16.8 Å². The van der Waals surface area contributed by atoms with E-state index in [0.717, 1.165) is 4.90 Å². The van der Waals surface area contributed by atoms with Gasteiger partial charge in [0, 0.05) is 25.4 Å². The van der Waals surface area contributed by atoms with Crippen molar-refractivity contribution in [3.05, 3.63) is 11.8 Å². The van der Waals surface area contributed by atoms with Crippen LogP contribution in [0, 0.1) is 18.4 Å². The van der Waals surface area contributed by atoms with Gasteiger partial charge in [-0.1, -0.05) is 20.3 Å². The molecule has 3 amide bonds. The minimum Gasteiger partial charge on any atom is -0.380 e. The summed E-state index contributed by atoms with van der Waals surface area (Å²) in [5, 5.41) is 2.76. The Kier molecular flexibility index (Phi) is 5.40. The molecule has 0 saturated carbocycles. The highest BCUT2D eigenvalue weighted by atomic mass is 16.5. The highest BCUT2D eigenvalue weighted by Crippen LogP contribution is 2.25. The average molecular weight is 318 g/mol. The second-order valence-electron chi connectivity index (χ2n) is 5.65. The summed E-state index contributed by atoms with van der Waals surface area (Å²) >= 11 is 0. The first kappa shape index (κ1) is 17.0. The number of hydrogen-bond donors (Lipinski definition) is 1. The van der Waals surface area contributed by atoms with Crippen LogP contribution in [0.2, 0.25) is 0 Å². The fourth-order valence-corrected chi connectivity index (χ4v) is 2.39. The molecule has 1 atom stereocenters. The molecule has 0 aromatic carbocycles. The summed E-state index contributed by atoms with van der Waals surface area (Å²) in [6.45, 7) is 7.79. The Labute approximate surface area is 136 Å². The van der Waals surface area contributed by atoms with Gasteiger partial charge in [-0.25, -0.2) is 9.69 Å². The number of carbonyl (C=O) groups excluding carboxylic acids is 2. The van der Waals surface area contributed by atoms with E-state index in [4.69, 9.17) is 11.2 Å². The third-order valence-electron chi connectivity index (χ3n) is 3.74. The number of nitrogens with one attached hydrogen (secondary N) is 1. The first-order valence-corrected chi connectivity index (χ1v) is 7.72. The molecule has 0 bridgehead atoms. The fraction of sp³-hybridized carbons (Fsp3) is 0.562. The number of amidine groups is 1. The Morgan fingerprint density at radius 1 is 1.61 bits per heavy atom. The van der Waals surface area contributed by atoms with Crippen LogP contribution in [0.3, 0.4) is 0 Å². The Morgan fingerprint density at radius 2 is 2.35 bits per heavy atom. The van der Waals surface area contributed by atoms with E-state index < -0.39 is 0 Å². The van der Waals surface area contributed by atoms with Crippen molar-refractivity contribution in [3.8, 4) is 12.5 Å². The lowest BCUT2D eigenvalue weighted by Crippen LogP contribution is -2.49. The molecule has 0 fully saturated rings. The van der Waals surface area contributed by atoms with Crippen LogP contribution in [0.25, 0.3) is 0 Å². The molecule has 7 heteroatoms. The van der Waals surface area contributed by atoms with Crippen LogP contribution >= 0.6 is 0 Å². The van der Waals surface area contributed by atoms with Gasteiger partial charge in [0.15, 0.2) is 0 Å². The van der Waals surface area contributed by atoms with Gasteiger partial charge in [-0.15, -0.1) is 0 Å². The van der Waals surface area contributed by atoms with Crippen molar-refractivity contribution in [1.29, 1.82) is 0 Å². The molecule has 0 saturated heterocycles. The lowest BCUT2D eigenvalue weighted by Gasteiger charge is -2.28. The Bertz CT molecular complexity index is 589. The Hall–Kier alpha value is -2.33. The summed E-state index contributed by atoms with van der Waals surface area (Å²) in [6.07, 6.45) is 6.74. The Balaban J connectivity index is 2.20. The maximum absolute atomic E-state index is 12.4. The third-order valence-corrected chi connectivity index (χ3v) is 3.74. The molecule has 0 aromatic rings. The molecule has 0 spiro atoms. The van der Waals surface area contributed by atoms with Crippen LogP contribution in [-0.4, -0.2) is 59.9 Å². The van der Waals surface area contributed by atoms with Crippen molar-refractivity contribution < 1.29 is 14.3 Å². The standard InChI is InChI=1S/C16H22N4O3/c1-5-19-9-12(15(21)17-7-8-23-6-2)14-18-13(11(3)4)10-20(14)16(19)22/h1,9,11,13H,6-8,10H2,2-4H3,(H,17,21)/t13-/m1/s1. The van der Waals surface area contributed by atoms with Gasteiger partial charge in [-0.05, 0) is 12.8 Å². The second-order valence-corrected chi connectivity index (χ2v) is 5.65. The first-order valence-electron chi connectivity index (χ1n) is 7.72. The lowest BCUT2D eigenvalue weighted by molar-refractivity contribution is -0.117. The quantitative estimate of drug-likeness (QED) is 0.581. The minimum absolute atomic E-state index is 0.0358. The maximum atomic E-state index is 12.4. The van der Waals surface area contributed by atoms with Crippen LogP contribution < -0.4 is 5.32 Å². The molecule has 0 radical (unpaired) electrons. The van der Waals surface area contributed by atoms with Gasteiger partial charge in [0.2, 0.25) is 0 Å². The molecule has 2 rings (SSSR count). The van der Waals surface area contributed by atoms with Crippen molar-refractivity contribution in [1.82, 2.24) is 15.1 Å². The zero-order valence-corrected chi connectivity index (χ0v) is 13.7. The van der Waals surface area contributed by atoms with Crippen LogP contribution in [0.1, 0.15) is 20.8 Å². The Morgan fingerprint density at radius 3 is 2.96 bits per heavy atom. The minimum atomic E-state index is -0.347. The molecule has 7 nitrogen and oxygen atoms in total. The van der Waals surface area contributed by atoms with E-state index in [0.29, 0.717) is 37.7 Å². The van der Waals surface area contributed by atoms with E-state index in [1.807, 2.05) is 20.8 Å². The average Bonchev–Trinajstić information content (AvgIpc) is 2.98. The summed E-state index contributed by atoms with van der Waals surface area (Å²) in [6, 6.07) is 1.89. The van der Waals surface area contributed by atoms with Gasteiger partial charge in [-0.3, -0.25) is 14.7 Å². The predicted molar refractivity (Wildman–Crippen MR) is 86.4 cm³/mol. The largest absolute Gasteiger partial charge is 0.380 e. The van der Waals surface area contributed by atoms with E-state index >= 15 is 0 Å². The first-order chi connectivity index (χ1) is 11.0. The molecule has 0 unspecified atom stereocenters. The summed E-state index contributed by atoms with van der Waals surface area (Å²) in [7, 11) is 0. The van der Waals surface area contributed by atoms with Crippen molar-refractivity contribution in [2.75, 3.05) is 26.3 Å². The number of aliphatic imine (C=N–C) groups is 1. The number of terminal acetylenes is 1. The van der Waals surface area contributed by atoms with Gasteiger partial charge in [0.05, 0.1) is 24.8 Å². The molecule has 1 N–H and O–H groups in total. The van der Waals surface area contributed by atoms with Crippen LogP contribution in [0.5, 0.6) is 0 Å². The number of fused-ring (bicyclic) bond motifs is 1. The van der Waals surface area contributed by atoms with Crippen molar-refractivity contribution >= 4 is 17.8 Å². The number of rotatable bonds is 6. The smallest absolute Gasteiger partial charge is 0.341 e. The summed E-state index contributed by atoms with van der Waals surface area (Å²) in [4.78, 5) is 31.8. The van der Waals surface area contributed by atoms with Gasteiger partial charge in [-0.2, -0.15) is 0 Å². The molecule has 0 aliphatic carbocycles. The van der Waals surface area contributed by atoms with Crippen molar-refractivity contribution in [3.63, 3.8) is 0 Å². The molecule has 124 valence electrons. The molecule has 0 aromatic heterocycles. The topological polar surface area (TPSA) is 74.2 Å². The predicted octanol–water partition coefficient (Wildman–Crippen LogP) is 0.788. The van der Waals surface area contributed by atoms with E-state index in [1.54, 1.807) is 0 Å². The number of urea groups is 1. The van der Waals surface area contributed by atoms with E-state index in [9.17, 15) is 9.59 Å². The molecule has 2 aliphatic rings. The van der Waals surface area contributed by atoms with E-state index in [1.165, 1.54) is 11.1 Å². The molecule has 23 heavy (non-hydrogen) atoms. The summed E-state index contributed by atoms with van der Waals surface area (Å²) in [5.74, 6) is 0.349. The third kappa shape index (κ3) is 3.54. The maximum Gasteiger partial charge on any atom is 0.341 e. The number of ether oxygens (including phenoxy) is 1. The summed E-state index contributed by atoms with van der Waals surface area (Å²) < 4.78 is 5.19. The highest BCUT2D eigenvalue weighted by molar-refractivity contribution is 6.26. The normalized spacial score (nSPS) is 20.1. The van der Waals surface area contributed by atoms with E-state index in [-0.39, 0.29) is 23.9 Å². The molecule has 2 aliphatic heterocycles. The zero-order valence-electron chi connectivity index (χ0n) is 13.7. The highest BCUT2D eigenvalue weighted by Gasteiger charge is 2.40. The summed E-state index contributed by atoms with van der Waals surface area (Å²) in [5.41, 5.74) is 0.308. The molecule has 2 heterocycles. The second kappa shape index (κ2) is 7.29. The van der Waals surface area contributed by atoms with E-state index in [2.05, 4.69) is 16.4 Å². The van der Waals surface area contributed by atoms with Crippen LogP contribution in [0.4, 0.5) is 4.79 Å². The number of hydrogen-bond acceptors (Lipinski definition) is 4. The molecular weight excluding hydrogens is 296 g/mol. The van der Waals surface area contributed by atoms with Crippen LogP contribution in [-0.2, 0) is 9.53 Å². The fourth-order valence-electron chi connectivity index (χ4n) is 2.39. The van der Waals surface area contributed by atoms with Gasteiger partial charge < -0.3 is 10.1 Å². The van der Waals surface area contributed by atoms with Crippen molar-refractivity contribution in [2.45, 2.75) is 26.8 Å². The number of amides is 3. The lowest BCUT2D eigenvalue weighted by atomic mass is 10.1. The SMILES string of the molecule is C#CN1C=C(C(=O)NCCOCC)C2=N[C@@H](C(C)C)CN2C1=O.